The van der Waals surface area contributed by atoms with Gasteiger partial charge in [0.2, 0.25) is 5.91 Å². The molecule has 2 aromatic carbocycles. The number of aromatic nitrogens is 1. The van der Waals surface area contributed by atoms with Crippen LogP contribution in [0.15, 0.2) is 48.5 Å². The van der Waals surface area contributed by atoms with Crippen molar-refractivity contribution in [3.05, 3.63) is 71.1 Å². The van der Waals surface area contributed by atoms with E-state index >= 15 is 0 Å². The van der Waals surface area contributed by atoms with Gasteiger partial charge in [0.25, 0.3) is 0 Å². The Morgan fingerprint density at radius 3 is 2.61 bits per heavy atom. The van der Waals surface area contributed by atoms with Crippen LogP contribution in [-0.2, 0) is 6.42 Å². The standard InChI is InChI=1S/C18H15N2O2S/c19-17(22)13-8-2-1-6-12(13)7-5-10-15(21)18-20-14-9-3-4-11-16(14)23-18/h1-4,6,8-11H,5,7H2,(H2,19,22). The van der Waals surface area contributed by atoms with Crippen LogP contribution in [0.3, 0.4) is 0 Å². The maximum absolute atomic E-state index is 12.2. The van der Waals surface area contributed by atoms with Gasteiger partial charge in [0.15, 0.2) is 10.8 Å². The number of rotatable bonds is 6. The number of aryl methyl sites for hydroxylation is 1. The molecule has 0 bridgehead atoms. The van der Waals surface area contributed by atoms with E-state index in [1.165, 1.54) is 11.3 Å². The van der Waals surface area contributed by atoms with Crippen molar-refractivity contribution in [2.45, 2.75) is 12.8 Å². The summed E-state index contributed by atoms with van der Waals surface area (Å²) in [6.07, 6.45) is 2.75. The lowest BCUT2D eigenvalue weighted by Gasteiger charge is -2.05. The molecule has 3 rings (SSSR count). The molecular formula is C18H15N2O2S. The molecule has 5 heteroatoms. The molecule has 1 heterocycles. The zero-order valence-electron chi connectivity index (χ0n) is 12.4. The second kappa shape index (κ2) is 6.71. The molecule has 0 aliphatic rings. The van der Waals surface area contributed by atoms with Crippen molar-refractivity contribution in [1.82, 2.24) is 4.98 Å². The second-order valence-electron chi connectivity index (χ2n) is 5.12. The van der Waals surface area contributed by atoms with Gasteiger partial charge in [-0.25, -0.2) is 4.98 Å². The smallest absolute Gasteiger partial charge is 0.248 e. The number of hydrogen-bond acceptors (Lipinski definition) is 4. The highest BCUT2D eigenvalue weighted by atomic mass is 32.1. The molecule has 1 aromatic heterocycles. The molecule has 0 unspecified atom stereocenters. The van der Waals surface area contributed by atoms with Crippen LogP contribution < -0.4 is 5.73 Å². The van der Waals surface area contributed by atoms with Crippen molar-refractivity contribution in [2.24, 2.45) is 5.73 Å². The van der Waals surface area contributed by atoms with E-state index in [1.807, 2.05) is 36.4 Å². The Bertz CT molecular complexity index is 837. The minimum Gasteiger partial charge on any atom is -0.366 e. The van der Waals surface area contributed by atoms with E-state index < -0.39 is 5.91 Å². The fourth-order valence-corrected chi connectivity index (χ4v) is 3.30. The van der Waals surface area contributed by atoms with Gasteiger partial charge in [-0.1, -0.05) is 30.3 Å². The van der Waals surface area contributed by atoms with Gasteiger partial charge in [0, 0.05) is 12.0 Å². The number of ketones is 1. The van der Waals surface area contributed by atoms with Crippen molar-refractivity contribution in [3.8, 4) is 0 Å². The van der Waals surface area contributed by atoms with Gasteiger partial charge < -0.3 is 5.73 Å². The number of carbonyl (C=O) groups is 2. The number of primary amides is 1. The molecule has 0 atom stereocenters. The van der Waals surface area contributed by atoms with Gasteiger partial charge in [0.1, 0.15) is 0 Å². The van der Waals surface area contributed by atoms with Crippen LogP contribution in [-0.4, -0.2) is 16.7 Å². The van der Waals surface area contributed by atoms with Crippen LogP contribution >= 0.6 is 11.3 Å². The molecule has 0 saturated carbocycles. The van der Waals surface area contributed by atoms with Crippen LogP contribution in [0.25, 0.3) is 10.2 Å². The van der Waals surface area contributed by atoms with Gasteiger partial charge in [-0.2, -0.15) is 0 Å². The minimum absolute atomic E-state index is 0.0808. The molecule has 115 valence electrons. The third-order valence-electron chi connectivity index (χ3n) is 3.53. The Labute approximate surface area is 138 Å². The van der Waals surface area contributed by atoms with Gasteiger partial charge in [-0.05, 0) is 36.6 Å². The van der Waals surface area contributed by atoms with Crippen LogP contribution in [0.1, 0.15) is 32.1 Å². The lowest BCUT2D eigenvalue weighted by molar-refractivity contribution is 0.0998. The molecule has 0 fully saturated rings. The summed E-state index contributed by atoms with van der Waals surface area (Å²) < 4.78 is 1.00. The van der Waals surface area contributed by atoms with Gasteiger partial charge >= 0.3 is 0 Å². The van der Waals surface area contributed by atoms with Crippen molar-refractivity contribution < 1.29 is 9.59 Å². The zero-order chi connectivity index (χ0) is 16.2. The van der Waals surface area contributed by atoms with E-state index in [1.54, 1.807) is 18.6 Å². The maximum Gasteiger partial charge on any atom is 0.248 e. The second-order valence-corrected chi connectivity index (χ2v) is 6.15. The predicted octanol–water partition coefficient (Wildman–Crippen LogP) is 3.41. The number of nitrogens with zero attached hydrogens (tertiary/aromatic N) is 1. The fourth-order valence-electron chi connectivity index (χ4n) is 2.40. The number of para-hydroxylation sites is 1. The number of nitrogens with two attached hydrogens (primary N) is 1. The van der Waals surface area contributed by atoms with Crippen molar-refractivity contribution in [3.63, 3.8) is 0 Å². The molecular weight excluding hydrogens is 308 g/mol. The third-order valence-corrected chi connectivity index (χ3v) is 4.58. The summed E-state index contributed by atoms with van der Waals surface area (Å²) in [6, 6.07) is 14.9. The minimum atomic E-state index is -0.446. The van der Waals surface area contributed by atoms with Crippen molar-refractivity contribution >= 4 is 33.2 Å². The first-order valence-electron chi connectivity index (χ1n) is 7.26. The Hall–Kier alpha value is -2.53. The van der Waals surface area contributed by atoms with E-state index in [2.05, 4.69) is 4.98 Å². The molecule has 4 nitrogen and oxygen atoms in total. The fraction of sp³-hybridized carbons (Fsp3) is 0.111. The summed E-state index contributed by atoms with van der Waals surface area (Å²) >= 11 is 1.39. The summed E-state index contributed by atoms with van der Waals surface area (Å²) in [7, 11) is 0. The first-order chi connectivity index (χ1) is 11.1. The van der Waals surface area contributed by atoms with Gasteiger partial charge in [-0.15, -0.1) is 11.3 Å². The number of Topliss-reactive ketones (excluding diaryl/α,β-unsaturated/α-hetero) is 1. The van der Waals surface area contributed by atoms with Gasteiger partial charge in [-0.3, -0.25) is 9.59 Å². The Balaban J connectivity index is 1.64. The number of benzene rings is 2. The molecule has 1 radical (unpaired) electrons. The molecule has 2 N–H and O–H groups in total. The lowest BCUT2D eigenvalue weighted by Crippen LogP contribution is -2.13. The Morgan fingerprint density at radius 2 is 1.83 bits per heavy atom. The quantitative estimate of drug-likeness (QED) is 0.706. The SMILES string of the molecule is NC(=O)c1ccccc1CC[CH]C(=O)c1nc2ccccc2s1. The summed E-state index contributed by atoms with van der Waals surface area (Å²) in [5.74, 6) is -0.527. The highest BCUT2D eigenvalue weighted by Gasteiger charge is 2.13. The number of fused-ring (bicyclic) bond motifs is 1. The number of amides is 1. The number of hydrogen-bond donors (Lipinski definition) is 1. The highest BCUT2D eigenvalue weighted by Crippen LogP contribution is 2.23. The Morgan fingerprint density at radius 1 is 1.09 bits per heavy atom. The summed E-state index contributed by atoms with van der Waals surface area (Å²) in [4.78, 5) is 27.9. The summed E-state index contributed by atoms with van der Waals surface area (Å²) in [5, 5.41) is 0.495. The monoisotopic (exact) mass is 323 g/mol. The zero-order valence-corrected chi connectivity index (χ0v) is 13.2. The number of thiazole rings is 1. The van der Waals surface area contributed by atoms with E-state index in [4.69, 9.17) is 5.73 Å². The largest absolute Gasteiger partial charge is 0.366 e. The lowest BCUT2D eigenvalue weighted by atomic mass is 10.0. The van der Waals surface area contributed by atoms with Crippen LogP contribution in [0.4, 0.5) is 0 Å². The molecule has 0 spiro atoms. The molecule has 3 aromatic rings. The first-order valence-corrected chi connectivity index (χ1v) is 8.07. The van der Waals surface area contributed by atoms with Crippen molar-refractivity contribution in [2.75, 3.05) is 0 Å². The van der Waals surface area contributed by atoms with Crippen LogP contribution in [0.2, 0.25) is 0 Å². The Kier molecular flexibility index (Phi) is 4.48. The van der Waals surface area contributed by atoms with Gasteiger partial charge in [0.05, 0.1) is 10.2 Å². The molecule has 1 amide bonds. The van der Waals surface area contributed by atoms with Crippen molar-refractivity contribution in [1.29, 1.82) is 0 Å². The number of carbonyl (C=O) groups excluding carboxylic acids is 2. The average molecular weight is 323 g/mol. The highest BCUT2D eigenvalue weighted by molar-refractivity contribution is 7.20. The van der Waals surface area contributed by atoms with Crippen LogP contribution in [0, 0.1) is 6.42 Å². The molecule has 0 saturated heterocycles. The molecule has 0 aliphatic heterocycles. The molecule has 0 aliphatic carbocycles. The normalized spacial score (nSPS) is 10.8. The topological polar surface area (TPSA) is 73.1 Å². The first kappa shape index (κ1) is 15.4. The van der Waals surface area contributed by atoms with E-state index in [0.717, 1.165) is 15.8 Å². The average Bonchev–Trinajstić information content (AvgIpc) is 2.99. The summed E-state index contributed by atoms with van der Waals surface area (Å²) in [5.41, 5.74) is 7.56. The van der Waals surface area contributed by atoms with E-state index in [9.17, 15) is 9.59 Å². The summed E-state index contributed by atoms with van der Waals surface area (Å²) in [6.45, 7) is 0. The predicted molar refractivity (Wildman–Crippen MR) is 91.5 cm³/mol. The molecule has 23 heavy (non-hydrogen) atoms. The van der Waals surface area contributed by atoms with Crippen LogP contribution in [0.5, 0.6) is 0 Å². The van der Waals surface area contributed by atoms with E-state index in [0.29, 0.717) is 23.4 Å². The van der Waals surface area contributed by atoms with E-state index in [-0.39, 0.29) is 5.78 Å². The third kappa shape index (κ3) is 3.46. The maximum atomic E-state index is 12.2.